The zero-order chi connectivity index (χ0) is 25.8. The molecule has 36 heavy (non-hydrogen) atoms. The van der Waals surface area contributed by atoms with E-state index < -0.39 is 29.2 Å². The van der Waals surface area contributed by atoms with Crippen LogP contribution in [0.5, 0.6) is 5.75 Å². The van der Waals surface area contributed by atoms with Crippen molar-refractivity contribution < 1.29 is 26.7 Å². The lowest BCUT2D eigenvalue weighted by atomic mass is 9.97. The van der Waals surface area contributed by atoms with Gasteiger partial charge in [-0.3, -0.25) is 0 Å². The highest BCUT2D eigenvalue weighted by Crippen LogP contribution is 2.34. The van der Waals surface area contributed by atoms with Gasteiger partial charge < -0.3 is 4.74 Å². The van der Waals surface area contributed by atoms with Crippen molar-refractivity contribution in [3.63, 3.8) is 0 Å². The maximum atomic E-state index is 14.9. The van der Waals surface area contributed by atoms with Gasteiger partial charge in [0.1, 0.15) is 5.82 Å². The Kier molecular flexibility index (Phi) is 7.43. The van der Waals surface area contributed by atoms with Gasteiger partial charge in [0.2, 0.25) is 11.8 Å². The van der Waals surface area contributed by atoms with Crippen LogP contribution < -0.4 is 4.74 Å². The van der Waals surface area contributed by atoms with Gasteiger partial charge in [0.15, 0.2) is 23.2 Å². The van der Waals surface area contributed by atoms with E-state index in [9.17, 15) is 22.0 Å². The normalized spacial score (nSPS) is 11.3. The number of nitrogens with zero attached hydrogens (tertiary/aromatic N) is 2. The number of hydrogen-bond donors (Lipinski definition) is 0. The zero-order valence-corrected chi connectivity index (χ0v) is 19.5. The van der Waals surface area contributed by atoms with Crippen LogP contribution in [0.3, 0.4) is 0 Å². The van der Waals surface area contributed by atoms with Crippen LogP contribution in [-0.4, -0.2) is 9.97 Å². The molecule has 0 unspecified atom stereocenters. The van der Waals surface area contributed by atoms with Gasteiger partial charge in [0.05, 0.1) is 11.8 Å². The molecule has 4 aromatic rings. The minimum Gasteiger partial charge on any atom is -0.462 e. The number of rotatable bonds is 7. The van der Waals surface area contributed by atoms with Crippen LogP contribution in [0.15, 0.2) is 67.1 Å². The molecule has 0 amide bonds. The Morgan fingerprint density at radius 1 is 0.722 bits per heavy atom. The summed E-state index contributed by atoms with van der Waals surface area (Å²) in [7, 11) is 0. The maximum Gasteiger partial charge on any atom is 0.224 e. The van der Waals surface area contributed by atoms with Gasteiger partial charge in [-0.05, 0) is 42.7 Å². The standard InChI is InChI=1S/C28H21F5N2O/c1-3-4-5-14-36-23-13-12-20(25(30)27(23)32)18-8-6-17(7-9-18)19-10-11-21(26(31)24(19)29)22-15-34-16(2)35-28(22)33/h5-15H,3-4H2,1-2H3/b14-5-. The van der Waals surface area contributed by atoms with Crippen molar-refractivity contribution in [3.05, 3.63) is 102 Å². The van der Waals surface area contributed by atoms with Crippen LogP contribution in [0.2, 0.25) is 0 Å². The van der Waals surface area contributed by atoms with Crippen LogP contribution >= 0.6 is 0 Å². The summed E-state index contributed by atoms with van der Waals surface area (Å²) in [6.07, 6.45) is 5.76. The molecule has 0 aliphatic heterocycles. The van der Waals surface area contributed by atoms with Crippen molar-refractivity contribution in [1.29, 1.82) is 0 Å². The predicted molar refractivity (Wildman–Crippen MR) is 128 cm³/mol. The largest absolute Gasteiger partial charge is 0.462 e. The zero-order valence-electron chi connectivity index (χ0n) is 19.5. The quantitative estimate of drug-likeness (QED) is 0.147. The third kappa shape index (κ3) is 4.98. The van der Waals surface area contributed by atoms with E-state index in [4.69, 9.17) is 4.74 Å². The number of ether oxygens (including phenoxy) is 1. The molecule has 3 aromatic carbocycles. The molecule has 0 aliphatic rings. The molecular weight excluding hydrogens is 475 g/mol. The molecule has 0 aliphatic carbocycles. The van der Waals surface area contributed by atoms with E-state index >= 15 is 0 Å². The summed E-state index contributed by atoms with van der Waals surface area (Å²) >= 11 is 0. The molecule has 0 saturated carbocycles. The molecular formula is C28H21F5N2O. The summed E-state index contributed by atoms with van der Waals surface area (Å²) in [6.45, 7) is 3.46. The highest BCUT2D eigenvalue weighted by molar-refractivity contribution is 5.74. The van der Waals surface area contributed by atoms with Crippen LogP contribution in [0.25, 0.3) is 33.4 Å². The van der Waals surface area contributed by atoms with Gasteiger partial charge in [-0.2, -0.15) is 8.78 Å². The highest BCUT2D eigenvalue weighted by atomic mass is 19.2. The van der Waals surface area contributed by atoms with Crippen molar-refractivity contribution in [2.45, 2.75) is 26.7 Å². The molecule has 4 rings (SSSR count). The topological polar surface area (TPSA) is 35.0 Å². The van der Waals surface area contributed by atoms with Gasteiger partial charge in [-0.15, -0.1) is 0 Å². The SMILES string of the molecule is CCC/C=C\Oc1ccc(-c2ccc(-c3ccc(-c4cnc(C)nc4F)c(F)c3F)cc2)c(F)c1F. The number of aromatic nitrogens is 2. The van der Waals surface area contributed by atoms with Gasteiger partial charge in [0.25, 0.3) is 0 Å². The molecule has 8 heteroatoms. The molecule has 1 heterocycles. The average molecular weight is 496 g/mol. The Morgan fingerprint density at radius 2 is 1.28 bits per heavy atom. The minimum absolute atomic E-state index is 0.0132. The molecule has 0 radical (unpaired) electrons. The lowest BCUT2D eigenvalue weighted by molar-refractivity contribution is 0.414. The summed E-state index contributed by atoms with van der Waals surface area (Å²) in [4.78, 5) is 7.38. The second kappa shape index (κ2) is 10.7. The van der Waals surface area contributed by atoms with E-state index in [-0.39, 0.29) is 33.8 Å². The Bertz CT molecular complexity index is 1440. The minimum atomic E-state index is -1.25. The third-order valence-corrected chi connectivity index (χ3v) is 5.54. The van der Waals surface area contributed by atoms with E-state index in [0.29, 0.717) is 11.1 Å². The van der Waals surface area contributed by atoms with E-state index in [1.54, 1.807) is 6.08 Å². The Labute approximate surface area is 204 Å². The monoisotopic (exact) mass is 496 g/mol. The lowest BCUT2D eigenvalue weighted by Gasteiger charge is -2.11. The second-order valence-corrected chi connectivity index (χ2v) is 8.01. The maximum absolute atomic E-state index is 14.9. The number of unbranched alkanes of at least 4 members (excludes halogenated alkanes) is 1. The second-order valence-electron chi connectivity index (χ2n) is 8.01. The van der Waals surface area contributed by atoms with Crippen LogP contribution in [-0.2, 0) is 0 Å². The van der Waals surface area contributed by atoms with Gasteiger partial charge in [0, 0.05) is 22.9 Å². The van der Waals surface area contributed by atoms with E-state index in [1.807, 2.05) is 6.92 Å². The first kappa shape index (κ1) is 25.0. The number of hydrogen-bond acceptors (Lipinski definition) is 3. The fraction of sp³-hybridized carbons (Fsp3) is 0.143. The van der Waals surface area contributed by atoms with Gasteiger partial charge >= 0.3 is 0 Å². The fourth-order valence-corrected chi connectivity index (χ4v) is 3.63. The van der Waals surface area contributed by atoms with Crippen molar-refractivity contribution in [3.8, 4) is 39.1 Å². The van der Waals surface area contributed by atoms with E-state index in [1.165, 1.54) is 61.7 Å². The molecule has 0 bridgehead atoms. The number of aryl methyl sites for hydroxylation is 1. The van der Waals surface area contributed by atoms with Gasteiger partial charge in [-0.25, -0.2) is 23.1 Å². The molecule has 3 nitrogen and oxygen atoms in total. The van der Waals surface area contributed by atoms with Gasteiger partial charge in [-0.1, -0.05) is 49.7 Å². The Morgan fingerprint density at radius 3 is 1.89 bits per heavy atom. The van der Waals surface area contributed by atoms with Crippen LogP contribution in [0, 0.1) is 36.1 Å². The third-order valence-electron chi connectivity index (χ3n) is 5.54. The summed E-state index contributed by atoms with van der Waals surface area (Å²) in [6, 6.07) is 11.1. The first-order valence-corrected chi connectivity index (χ1v) is 11.2. The number of halogens is 5. The lowest BCUT2D eigenvalue weighted by Crippen LogP contribution is -1.99. The van der Waals surface area contributed by atoms with Crippen molar-refractivity contribution in [2.75, 3.05) is 0 Å². The summed E-state index contributed by atoms with van der Waals surface area (Å²) in [5.41, 5.74) is -0.0328. The Balaban J connectivity index is 1.62. The number of allylic oxidation sites excluding steroid dienone is 1. The van der Waals surface area contributed by atoms with Crippen molar-refractivity contribution in [2.24, 2.45) is 0 Å². The number of benzene rings is 3. The molecule has 0 N–H and O–H groups in total. The Hall–Kier alpha value is -4.07. The molecule has 0 atom stereocenters. The molecule has 1 aromatic heterocycles. The first-order valence-electron chi connectivity index (χ1n) is 11.2. The van der Waals surface area contributed by atoms with Crippen molar-refractivity contribution >= 4 is 0 Å². The fourth-order valence-electron chi connectivity index (χ4n) is 3.63. The predicted octanol–water partition coefficient (Wildman–Crippen LogP) is 8.17. The molecule has 0 fully saturated rings. The summed E-state index contributed by atoms with van der Waals surface area (Å²) in [5.74, 6) is -5.69. The average Bonchev–Trinajstić information content (AvgIpc) is 2.87. The highest BCUT2D eigenvalue weighted by Gasteiger charge is 2.20. The van der Waals surface area contributed by atoms with E-state index in [0.717, 1.165) is 19.0 Å². The van der Waals surface area contributed by atoms with Crippen molar-refractivity contribution in [1.82, 2.24) is 9.97 Å². The van der Waals surface area contributed by atoms with Crippen LogP contribution in [0.4, 0.5) is 22.0 Å². The van der Waals surface area contributed by atoms with Crippen LogP contribution in [0.1, 0.15) is 25.6 Å². The summed E-state index contributed by atoms with van der Waals surface area (Å²) in [5, 5.41) is 0. The van der Waals surface area contributed by atoms with E-state index in [2.05, 4.69) is 9.97 Å². The molecule has 0 spiro atoms. The summed E-state index contributed by atoms with van der Waals surface area (Å²) < 4.78 is 78.2. The smallest absolute Gasteiger partial charge is 0.224 e. The molecule has 0 saturated heterocycles. The first-order chi connectivity index (χ1) is 17.3. The molecule has 184 valence electrons.